The topological polar surface area (TPSA) is 144 Å². The Bertz CT molecular complexity index is 878. The number of methoxy groups -OCH3 is 1. The second-order valence-corrected chi connectivity index (χ2v) is 7.73. The second kappa shape index (κ2) is 9.83. The fourth-order valence-electron chi connectivity index (χ4n) is 2.04. The first kappa shape index (κ1) is 23.1. The summed E-state index contributed by atoms with van der Waals surface area (Å²) >= 11 is 0. The first-order valence-corrected chi connectivity index (χ1v) is 9.81. The molecule has 0 heterocycles. The van der Waals surface area contributed by atoms with Gasteiger partial charge in [-0.05, 0) is 39.3 Å². The first-order valence-electron chi connectivity index (χ1n) is 8.37. The van der Waals surface area contributed by atoms with Crippen LogP contribution in [0.25, 0.3) is 0 Å². The van der Waals surface area contributed by atoms with Crippen LogP contribution in [0, 0.1) is 6.92 Å². The van der Waals surface area contributed by atoms with Crippen LogP contribution in [0.4, 0.5) is 4.79 Å². The molecule has 0 bridgehead atoms. The second-order valence-electron chi connectivity index (χ2n) is 5.93. The molecule has 0 saturated carbocycles. The van der Waals surface area contributed by atoms with Crippen molar-refractivity contribution < 1.29 is 22.7 Å². The molecule has 154 valence electrons. The van der Waals surface area contributed by atoms with E-state index in [-0.39, 0.29) is 10.6 Å². The summed E-state index contributed by atoms with van der Waals surface area (Å²) < 4.78 is 31.9. The highest BCUT2D eigenvalue weighted by atomic mass is 32.2. The van der Waals surface area contributed by atoms with Gasteiger partial charge in [-0.25, -0.2) is 15.0 Å². The van der Waals surface area contributed by atoms with Crippen LogP contribution in [-0.2, 0) is 19.6 Å². The van der Waals surface area contributed by atoms with E-state index in [1.165, 1.54) is 19.1 Å². The Morgan fingerprint density at radius 2 is 1.82 bits per heavy atom. The van der Waals surface area contributed by atoms with Crippen molar-refractivity contribution in [1.82, 2.24) is 9.84 Å². The minimum absolute atomic E-state index is 0.0599. The van der Waals surface area contributed by atoms with Crippen LogP contribution in [0.2, 0.25) is 0 Å². The third-order valence-corrected chi connectivity index (χ3v) is 5.38. The number of primary amides is 1. The number of rotatable bonds is 8. The van der Waals surface area contributed by atoms with Crippen LogP contribution >= 0.6 is 0 Å². The lowest BCUT2D eigenvalue weighted by molar-refractivity contribution is -0.142. The number of hydrogen-bond acceptors (Lipinski definition) is 7. The number of aryl methyl sites for hydroxylation is 1. The van der Waals surface area contributed by atoms with Crippen LogP contribution in [0.5, 0.6) is 0 Å². The predicted molar refractivity (Wildman–Crippen MR) is 105 cm³/mol. The van der Waals surface area contributed by atoms with Crippen molar-refractivity contribution in [2.45, 2.75) is 45.1 Å². The summed E-state index contributed by atoms with van der Waals surface area (Å²) in [7, 11) is -3.13. The Morgan fingerprint density at radius 3 is 2.29 bits per heavy atom. The van der Waals surface area contributed by atoms with Crippen LogP contribution in [0.15, 0.2) is 39.4 Å². The lowest BCUT2D eigenvalue weighted by Gasteiger charge is -2.27. The number of hydrazone groups is 2. The largest absolute Gasteiger partial charge is 0.467 e. The van der Waals surface area contributed by atoms with Gasteiger partial charge in [-0.15, -0.1) is 0 Å². The monoisotopic (exact) mass is 411 g/mol. The normalized spacial score (nSPS) is 13.6. The van der Waals surface area contributed by atoms with Crippen molar-refractivity contribution in [3.63, 3.8) is 0 Å². The number of esters is 1. The third kappa shape index (κ3) is 5.78. The van der Waals surface area contributed by atoms with E-state index in [2.05, 4.69) is 10.2 Å². The van der Waals surface area contributed by atoms with Gasteiger partial charge in [0.25, 0.3) is 10.0 Å². The molecular weight excluding hydrogens is 386 g/mol. The number of hydrogen-bond donors (Lipinski definition) is 2. The smallest absolute Gasteiger partial charge is 0.337 e. The van der Waals surface area contributed by atoms with E-state index in [4.69, 9.17) is 10.5 Å². The summed E-state index contributed by atoms with van der Waals surface area (Å²) in [6.45, 7) is 6.58. The van der Waals surface area contributed by atoms with E-state index < -0.39 is 28.1 Å². The van der Waals surface area contributed by atoms with Gasteiger partial charge in [0, 0.05) is 5.71 Å². The Kier molecular flexibility index (Phi) is 8.11. The van der Waals surface area contributed by atoms with E-state index in [1.807, 2.05) is 12.3 Å². The minimum atomic E-state index is -4.24. The molecule has 0 aliphatic rings. The first-order chi connectivity index (χ1) is 13.0. The molecule has 1 aromatic carbocycles. The Balaban J connectivity index is 3.63. The van der Waals surface area contributed by atoms with Crippen molar-refractivity contribution in [3.05, 3.63) is 29.8 Å². The highest BCUT2D eigenvalue weighted by molar-refractivity contribution is 7.89. The number of nitrogens with two attached hydrogens (primary N) is 1. The molecule has 0 aliphatic carbocycles. The quantitative estimate of drug-likeness (QED) is 0.377. The van der Waals surface area contributed by atoms with Crippen LogP contribution in [-0.4, -0.2) is 49.4 Å². The predicted octanol–water partition coefficient (Wildman–Crippen LogP) is 1.36. The molecule has 0 saturated heterocycles. The van der Waals surface area contributed by atoms with Gasteiger partial charge in [-0.2, -0.15) is 23.0 Å². The molecular formula is C17H25N5O5S. The zero-order chi connectivity index (χ0) is 21.5. The summed E-state index contributed by atoms with van der Waals surface area (Å²) in [4.78, 5) is 23.3. The molecule has 1 atom stereocenters. The van der Waals surface area contributed by atoms with E-state index in [0.717, 1.165) is 12.7 Å². The van der Waals surface area contributed by atoms with E-state index >= 15 is 0 Å². The summed E-state index contributed by atoms with van der Waals surface area (Å²) in [5.74, 6) is -0.920. The number of benzene rings is 1. The SMILES string of the molecule is CC/C(C)=N/N(C(C(=O)OC)/C(C)=N/NC(N)=O)S(=O)(=O)c1ccc(C)cc1. The van der Waals surface area contributed by atoms with E-state index in [9.17, 15) is 18.0 Å². The van der Waals surface area contributed by atoms with Gasteiger partial charge in [0.2, 0.25) is 6.04 Å². The molecule has 0 aliphatic heterocycles. The fourth-order valence-corrected chi connectivity index (χ4v) is 3.50. The van der Waals surface area contributed by atoms with E-state index in [1.54, 1.807) is 26.0 Å². The fraction of sp³-hybridized carbons (Fsp3) is 0.412. The number of urea groups is 1. The van der Waals surface area contributed by atoms with Gasteiger partial charge >= 0.3 is 12.0 Å². The molecule has 28 heavy (non-hydrogen) atoms. The molecule has 0 fully saturated rings. The highest BCUT2D eigenvalue weighted by Gasteiger charge is 2.38. The van der Waals surface area contributed by atoms with Gasteiger partial charge in [-0.3, -0.25) is 0 Å². The van der Waals surface area contributed by atoms with Gasteiger partial charge in [-0.1, -0.05) is 24.6 Å². The van der Waals surface area contributed by atoms with Crippen LogP contribution in [0.3, 0.4) is 0 Å². The number of carbonyl (C=O) groups excluding carboxylic acids is 2. The maximum Gasteiger partial charge on any atom is 0.337 e. The molecule has 10 nitrogen and oxygen atoms in total. The standard InChI is InChI=1S/C17H25N5O5S/c1-6-12(3)21-22(28(25,26)14-9-7-11(2)8-10-14)15(16(23)27-5)13(4)19-20-17(18)24/h7-10,15H,6H2,1-5H3,(H3,18,20,24)/b19-13+,21-12+. The van der Waals surface area contributed by atoms with E-state index in [0.29, 0.717) is 16.5 Å². The molecule has 2 amide bonds. The van der Waals surface area contributed by atoms with Crippen molar-refractivity contribution >= 4 is 33.4 Å². The summed E-state index contributed by atoms with van der Waals surface area (Å²) in [5, 5.41) is 7.80. The summed E-state index contributed by atoms with van der Waals surface area (Å²) in [5.41, 5.74) is 8.21. The molecule has 3 N–H and O–H groups in total. The average molecular weight is 411 g/mol. The van der Waals surface area contributed by atoms with Crippen molar-refractivity contribution in [2.24, 2.45) is 15.9 Å². The third-order valence-electron chi connectivity index (χ3n) is 3.73. The molecule has 0 radical (unpaired) electrons. The van der Waals surface area contributed by atoms with Crippen molar-refractivity contribution in [3.8, 4) is 0 Å². The maximum atomic E-state index is 13.2. The minimum Gasteiger partial charge on any atom is -0.467 e. The lowest BCUT2D eigenvalue weighted by Crippen LogP contribution is -2.48. The number of carbonyl (C=O) groups is 2. The van der Waals surface area contributed by atoms with Crippen LogP contribution < -0.4 is 11.2 Å². The average Bonchev–Trinajstić information content (AvgIpc) is 2.65. The highest BCUT2D eigenvalue weighted by Crippen LogP contribution is 2.21. The molecule has 1 rings (SSSR count). The Hall–Kier alpha value is -2.95. The molecule has 1 aromatic rings. The lowest BCUT2D eigenvalue weighted by atomic mass is 10.2. The van der Waals surface area contributed by atoms with Crippen LogP contribution in [0.1, 0.15) is 32.8 Å². The molecule has 0 spiro atoms. The van der Waals surface area contributed by atoms with Gasteiger partial charge < -0.3 is 10.5 Å². The Labute approximate surface area is 164 Å². The van der Waals surface area contributed by atoms with Gasteiger partial charge in [0.1, 0.15) is 0 Å². The van der Waals surface area contributed by atoms with Crippen molar-refractivity contribution in [2.75, 3.05) is 7.11 Å². The van der Waals surface area contributed by atoms with Gasteiger partial charge in [0.15, 0.2) is 0 Å². The molecule has 11 heteroatoms. The number of nitrogens with zero attached hydrogens (tertiary/aromatic N) is 3. The Morgan fingerprint density at radius 1 is 1.25 bits per heavy atom. The number of amides is 2. The number of nitrogens with one attached hydrogen (secondary N) is 1. The maximum absolute atomic E-state index is 13.2. The zero-order valence-electron chi connectivity index (χ0n) is 16.5. The van der Waals surface area contributed by atoms with Gasteiger partial charge in [0.05, 0.1) is 17.7 Å². The summed E-state index contributed by atoms with van der Waals surface area (Å²) in [6.07, 6.45) is 0.448. The molecule has 0 aromatic heterocycles. The van der Waals surface area contributed by atoms with Crippen molar-refractivity contribution in [1.29, 1.82) is 0 Å². The molecule has 1 unspecified atom stereocenters. The summed E-state index contributed by atoms with van der Waals surface area (Å²) in [6, 6.07) is 3.58. The zero-order valence-corrected chi connectivity index (χ0v) is 17.3. The number of ether oxygens (including phenoxy) is 1. The number of sulfonamides is 1.